The molecule has 96 valence electrons. The number of unbranched alkanes of at least 4 members (excludes halogenated alkanes) is 1. The van der Waals surface area contributed by atoms with Crippen LogP contribution in [0.25, 0.3) is 0 Å². The third kappa shape index (κ3) is 3.74. The molecule has 0 heterocycles. The van der Waals surface area contributed by atoms with Crippen LogP contribution in [0.2, 0.25) is 0 Å². The summed E-state index contributed by atoms with van der Waals surface area (Å²) in [6.45, 7) is 4.32. The number of ether oxygens (including phenoxy) is 1. The molecular formula is C15H24O2. The molecule has 17 heavy (non-hydrogen) atoms. The maximum absolute atomic E-state index is 10.4. The topological polar surface area (TPSA) is 29.5 Å². The van der Waals surface area contributed by atoms with Crippen LogP contribution in [0.5, 0.6) is 5.75 Å². The van der Waals surface area contributed by atoms with Crippen LogP contribution in [0.4, 0.5) is 0 Å². The Balaban J connectivity index is 2.81. The molecule has 0 aliphatic heterocycles. The van der Waals surface area contributed by atoms with Crippen molar-refractivity contribution < 1.29 is 9.84 Å². The number of aliphatic hydroxyl groups is 1. The van der Waals surface area contributed by atoms with Crippen LogP contribution in [0, 0.1) is 5.92 Å². The summed E-state index contributed by atoms with van der Waals surface area (Å²) in [6.07, 6.45) is 4.01. The van der Waals surface area contributed by atoms with Gasteiger partial charge in [0.2, 0.25) is 0 Å². The summed E-state index contributed by atoms with van der Waals surface area (Å²) in [6, 6.07) is 7.75. The first-order valence-electron chi connectivity index (χ1n) is 6.55. The van der Waals surface area contributed by atoms with E-state index in [0.717, 1.165) is 24.2 Å². The molecule has 0 amide bonds. The van der Waals surface area contributed by atoms with Gasteiger partial charge in [0.15, 0.2) is 0 Å². The average Bonchev–Trinajstić information content (AvgIpc) is 2.39. The molecule has 1 rings (SSSR count). The molecule has 2 heteroatoms. The fraction of sp³-hybridized carbons (Fsp3) is 0.600. The molecule has 2 nitrogen and oxygen atoms in total. The Morgan fingerprint density at radius 1 is 1.24 bits per heavy atom. The highest BCUT2D eigenvalue weighted by Gasteiger charge is 2.21. The quantitative estimate of drug-likeness (QED) is 0.777. The number of benzene rings is 1. The number of rotatable bonds is 7. The number of para-hydroxylation sites is 1. The molecule has 0 spiro atoms. The second-order valence-corrected chi connectivity index (χ2v) is 4.50. The van der Waals surface area contributed by atoms with Gasteiger partial charge in [0.25, 0.3) is 0 Å². The molecule has 1 aromatic carbocycles. The molecule has 0 aromatic heterocycles. The predicted octanol–water partition coefficient (Wildman–Crippen LogP) is 3.95. The highest BCUT2D eigenvalue weighted by atomic mass is 16.5. The lowest BCUT2D eigenvalue weighted by Gasteiger charge is -2.23. The van der Waals surface area contributed by atoms with Crippen molar-refractivity contribution in [2.75, 3.05) is 7.11 Å². The molecular weight excluding hydrogens is 212 g/mol. The Labute approximate surface area is 105 Å². The zero-order valence-electron chi connectivity index (χ0n) is 11.1. The van der Waals surface area contributed by atoms with Gasteiger partial charge in [-0.05, 0) is 18.4 Å². The average molecular weight is 236 g/mol. The van der Waals surface area contributed by atoms with Gasteiger partial charge in [-0.1, -0.05) is 51.3 Å². The molecule has 2 atom stereocenters. The Kier molecular flexibility index (Phi) is 6.06. The van der Waals surface area contributed by atoms with Crippen LogP contribution in [-0.4, -0.2) is 12.2 Å². The Bertz CT molecular complexity index is 322. The van der Waals surface area contributed by atoms with Crippen molar-refractivity contribution in [2.45, 2.75) is 45.6 Å². The maximum atomic E-state index is 10.4. The van der Waals surface area contributed by atoms with E-state index in [1.807, 2.05) is 24.3 Å². The monoisotopic (exact) mass is 236 g/mol. The first-order chi connectivity index (χ1) is 8.24. The molecule has 1 N–H and O–H groups in total. The number of methoxy groups -OCH3 is 1. The number of hydrogen-bond donors (Lipinski definition) is 1. The van der Waals surface area contributed by atoms with E-state index >= 15 is 0 Å². The van der Waals surface area contributed by atoms with Crippen molar-refractivity contribution in [2.24, 2.45) is 5.92 Å². The van der Waals surface area contributed by atoms with Gasteiger partial charge < -0.3 is 9.84 Å². The smallest absolute Gasteiger partial charge is 0.124 e. The third-order valence-electron chi connectivity index (χ3n) is 3.36. The third-order valence-corrected chi connectivity index (χ3v) is 3.36. The van der Waals surface area contributed by atoms with Gasteiger partial charge in [0.1, 0.15) is 5.75 Å². The van der Waals surface area contributed by atoms with Crippen molar-refractivity contribution >= 4 is 0 Å². The number of hydrogen-bond acceptors (Lipinski definition) is 2. The fourth-order valence-electron chi connectivity index (χ4n) is 2.22. The summed E-state index contributed by atoms with van der Waals surface area (Å²) in [7, 11) is 1.65. The van der Waals surface area contributed by atoms with E-state index in [2.05, 4.69) is 13.8 Å². The summed E-state index contributed by atoms with van der Waals surface area (Å²) in [4.78, 5) is 0. The second-order valence-electron chi connectivity index (χ2n) is 4.50. The SMILES string of the molecule is CCCCC(CC)C(O)c1ccccc1OC. The summed E-state index contributed by atoms with van der Waals surface area (Å²) in [5.41, 5.74) is 0.915. The molecule has 0 aliphatic rings. The van der Waals surface area contributed by atoms with Crippen molar-refractivity contribution in [3.05, 3.63) is 29.8 Å². The highest BCUT2D eigenvalue weighted by Crippen LogP contribution is 2.33. The van der Waals surface area contributed by atoms with Gasteiger partial charge in [-0.2, -0.15) is 0 Å². The standard InChI is InChI=1S/C15H24O2/c1-4-6-9-12(5-2)15(16)13-10-7-8-11-14(13)17-3/h7-8,10-12,15-16H,4-6,9H2,1-3H3. The molecule has 0 bridgehead atoms. The summed E-state index contributed by atoms with van der Waals surface area (Å²) in [5, 5.41) is 10.4. The second kappa shape index (κ2) is 7.33. The van der Waals surface area contributed by atoms with Gasteiger partial charge in [-0.15, -0.1) is 0 Å². The van der Waals surface area contributed by atoms with Crippen LogP contribution in [0.3, 0.4) is 0 Å². The summed E-state index contributed by atoms with van der Waals surface area (Å²) >= 11 is 0. The first kappa shape index (κ1) is 14.0. The van der Waals surface area contributed by atoms with Crippen LogP contribution in [0.1, 0.15) is 51.2 Å². The molecule has 0 radical (unpaired) electrons. The zero-order valence-corrected chi connectivity index (χ0v) is 11.1. The molecule has 1 aromatic rings. The van der Waals surface area contributed by atoms with E-state index in [4.69, 9.17) is 4.74 Å². The lowest BCUT2D eigenvalue weighted by atomic mass is 9.89. The Morgan fingerprint density at radius 2 is 1.94 bits per heavy atom. The van der Waals surface area contributed by atoms with E-state index in [-0.39, 0.29) is 0 Å². The Morgan fingerprint density at radius 3 is 2.53 bits per heavy atom. The van der Waals surface area contributed by atoms with Gasteiger partial charge in [0, 0.05) is 5.56 Å². The van der Waals surface area contributed by atoms with Crippen molar-refractivity contribution in [1.29, 1.82) is 0 Å². The largest absolute Gasteiger partial charge is 0.496 e. The van der Waals surface area contributed by atoms with Gasteiger partial charge in [0.05, 0.1) is 13.2 Å². The zero-order chi connectivity index (χ0) is 12.7. The maximum Gasteiger partial charge on any atom is 0.124 e. The minimum Gasteiger partial charge on any atom is -0.496 e. The number of aliphatic hydroxyl groups excluding tert-OH is 1. The minimum absolute atomic E-state index is 0.325. The lowest BCUT2D eigenvalue weighted by Crippen LogP contribution is -2.13. The highest BCUT2D eigenvalue weighted by molar-refractivity contribution is 5.35. The minimum atomic E-state index is -0.414. The summed E-state index contributed by atoms with van der Waals surface area (Å²) < 4.78 is 5.31. The van der Waals surface area contributed by atoms with Gasteiger partial charge in [-0.3, -0.25) is 0 Å². The lowest BCUT2D eigenvalue weighted by molar-refractivity contribution is 0.0962. The van der Waals surface area contributed by atoms with Crippen molar-refractivity contribution in [3.63, 3.8) is 0 Å². The van der Waals surface area contributed by atoms with Crippen LogP contribution < -0.4 is 4.74 Å². The predicted molar refractivity (Wildman–Crippen MR) is 71.3 cm³/mol. The van der Waals surface area contributed by atoms with Crippen LogP contribution >= 0.6 is 0 Å². The molecule has 2 unspecified atom stereocenters. The van der Waals surface area contributed by atoms with Gasteiger partial charge >= 0.3 is 0 Å². The normalized spacial score (nSPS) is 14.4. The molecule has 0 saturated carbocycles. The first-order valence-corrected chi connectivity index (χ1v) is 6.55. The molecule has 0 fully saturated rings. The summed E-state index contributed by atoms with van der Waals surface area (Å²) in [5.74, 6) is 1.11. The van der Waals surface area contributed by atoms with E-state index in [0.29, 0.717) is 5.92 Å². The Hall–Kier alpha value is -1.02. The van der Waals surface area contributed by atoms with Crippen molar-refractivity contribution in [3.8, 4) is 5.75 Å². The molecule has 0 aliphatic carbocycles. The van der Waals surface area contributed by atoms with Crippen molar-refractivity contribution in [1.82, 2.24) is 0 Å². The van der Waals surface area contributed by atoms with E-state index < -0.39 is 6.10 Å². The fourth-order valence-corrected chi connectivity index (χ4v) is 2.22. The van der Waals surface area contributed by atoms with Crippen LogP contribution in [-0.2, 0) is 0 Å². The van der Waals surface area contributed by atoms with Gasteiger partial charge in [-0.25, -0.2) is 0 Å². The van der Waals surface area contributed by atoms with E-state index in [9.17, 15) is 5.11 Å². The molecule has 0 saturated heterocycles. The van der Waals surface area contributed by atoms with E-state index in [1.165, 1.54) is 12.8 Å². The van der Waals surface area contributed by atoms with E-state index in [1.54, 1.807) is 7.11 Å². The van der Waals surface area contributed by atoms with Crippen LogP contribution in [0.15, 0.2) is 24.3 Å².